The molecular weight excluding hydrogens is 584 g/mol. The van der Waals surface area contributed by atoms with Gasteiger partial charge in [-0.15, -0.1) is 0 Å². The van der Waals surface area contributed by atoms with Gasteiger partial charge in [-0.05, 0) is 74.2 Å². The summed E-state index contributed by atoms with van der Waals surface area (Å²) < 4.78 is 26.8. The van der Waals surface area contributed by atoms with Crippen LogP contribution in [0.5, 0.6) is 23.0 Å². The molecule has 6 heteroatoms. The Balaban J connectivity index is 1.71. The van der Waals surface area contributed by atoms with Gasteiger partial charge in [0.25, 0.3) is 0 Å². The zero-order valence-corrected chi connectivity index (χ0v) is 28.6. The van der Waals surface area contributed by atoms with Gasteiger partial charge in [-0.2, -0.15) is 10.5 Å². The molecule has 47 heavy (non-hydrogen) atoms. The van der Waals surface area contributed by atoms with Crippen LogP contribution < -0.4 is 18.9 Å². The second-order valence-corrected chi connectivity index (χ2v) is 13.9. The summed E-state index contributed by atoms with van der Waals surface area (Å²) in [6.07, 6.45) is 9.26. The normalized spacial score (nSPS) is 20.3. The lowest BCUT2D eigenvalue weighted by molar-refractivity contribution is -0.0325. The summed E-state index contributed by atoms with van der Waals surface area (Å²) in [7, 11) is 0. The minimum atomic E-state index is -0.632. The first-order valence-corrected chi connectivity index (χ1v) is 15.9. The van der Waals surface area contributed by atoms with E-state index in [0.29, 0.717) is 39.7 Å². The van der Waals surface area contributed by atoms with Gasteiger partial charge in [-0.1, -0.05) is 82.8 Å². The predicted molar refractivity (Wildman–Crippen MR) is 186 cm³/mol. The van der Waals surface area contributed by atoms with Crippen LogP contribution in [0.25, 0.3) is 16.3 Å². The topological polar surface area (TPSA) is 84.5 Å². The molecule has 238 valence electrons. The number of ether oxygens (including phenoxy) is 4. The molecule has 1 unspecified atom stereocenters. The van der Waals surface area contributed by atoms with Crippen molar-refractivity contribution in [3.05, 3.63) is 112 Å². The molecule has 1 atom stereocenters. The summed E-state index contributed by atoms with van der Waals surface area (Å²) in [4.78, 5) is 0. The van der Waals surface area contributed by atoms with E-state index in [1.807, 2.05) is 83.2 Å². The maximum atomic E-state index is 10.6. The zero-order chi connectivity index (χ0) is 34.1. The monoisotopic (exact) mass is 624 g/mol. The Hall–Kier alpha value is -5.20. The highest BCUT2D eigenvalue weighted by atomic mass is 16.6. The Bertz CT molecular complexity index is 2090. The fourth-order valence-corrected chi connectivity index (χ4v) is 6.84. The third kappa shape index (κ3) is 4.50. The first-order valence-electron chi connectivity index (χ1n) is 15.9. The Kier molecular flexibility index (Phi) is 7.41. The molecule has 0 N–H and O–H groups in total. The second-order valence-electron chi connectivity index (χ2n) is 13.9. The van der Waals surface area contributed by atoms with E-state index in [1.54, 1.807) is 6.08 Å². The van der Waals surface area contributed by atoms with Crippen LogP contribution in [0.4, 0.5) is 0 Å². The van der Waals surface area contributed by atoms with E-state index in [2.05, 4.69) is 52.5 Å². The van der Waals surface area contributed by atoms with Gasteiger partial charge < -0.3 is 18.9 Å². The molecule has 3 aromatic rings. The molecule has 6 rings (SSSR count). The smallest absolute Gasteiger partial charge is 0.189 e. The van der Waals surface area contributed by atoms with Crippen molar-refractivity contribution in [1.29, 1.82) is 10.5 Å². The lowest BCUT2D eigenvalue weighted by atomic mass is 9.47. The number of benzene rings is 3. The summed E-state index contributed by atoms with van der Waals surface area (Å²) in [5, 5.41) is 23.0. The van der Waals surface area contributed by atoms with E-state index in [-0.39, 0.29) is 28.4 Å². The van der Waals surface area contributed by atoms with Gasteiger partial charge in [0, 0.05) is 22.0 Å². The minimum Gasteiger partial charge on any atom is -0.483 e. The third-order valence-electron chi connectivity index (χ3n) is 10.4. The molecular formula is C41H40N2O4. The van der Waals surface area contributed by atoms with Crippen LogP contribution in [0.2, 0.25) is 0 Å². The van der Waals surface area contributed by atoms with Crippen LogP contribution >= 0.6 is 0 Å². The van der Waals surface area contributed by atoms with E-state index in [9.17, 15) is 10.5 Å². The molecule has 3 aliphatic rings. The number of hydrogen-bond acceptors (Lipinski definition) is 6. The van der Waals surface area contributed by atoms with E-state index in [4.69, 9.17) is 18.9 Å². The van der Waals surface area contributed by atoms with E-state index < -0.39 is 5.60 Å². The molecule has 0 fully saturated rings. The molecule has 1 aliphatic carbocycles. The summed E-state index contributed by atoms with van der Waals surface area (Å²) in [6.45, 7) is 22.5. The Morgan fingerprint density at radius 3 is 2.11 bits per heavy atom. The molecule has 0 aromatic heterocycles. The van der Waals surface area contributed by atoms with Crippen LogP contribution in [0.15, 0.2) is 84.4 Å². The van der Waals surface area contributed by atoms with Gasteiger partial charge in [0.1, 0.15) is 35.0 Å². The van der Waals surface area contributed by atoms with Crippen molar-refractivity contribution >= 4 is 16.3 Å². The van der Waals surface area contributed by atoms with Crippen LogP contribution in [0, 0.1) is 22.7 Å². The number of hydrogen-bond donors (Lipinski definition) is 0. The van der Waals surface area contributed by atoms with Gasteiger partial charge in [0.15, 0.2) is 34.5 Å². The number of nitrogens with zero attached hydrogens (tertiary/aromatic N) is 2. The number of rotatable bonds is 5. The SMILES string of the molecule is C=CC1=C(/C(=C(C)/C=C\C=C/C)c2c3c(cc4ccccc24)OC(C)C(C)(C)O3)Oc2c(C#N)c3c(c(C#N)c2O1)C(C)(C)C3(C)C. The summed E-state index contributed by atoms with van der Waals surface area (Å²) >= 11 is 0. The van der Waals surface area contributed by atoms with Crippen LogP contribution in [-0.2, 0) is 10.8 Å². The van der Waals surface area contributed by atoms with Crippen LogP contribution in [0.1, 0.15) is 90.1 Å². The second kappa shape index (κ2) is 11.0. The molecule has 2 aliphatic heterocycles. The van der Waals surface area contributed by atoms with Crippen molar-refractivity contribution in [2.75, 3.05) is 0 Å². The molecule has 2 heterocycles. The lowest BCUT2D eigenvalue weighted by Crippen LogP contribution is -2.52. The molecule has 0 amide bonds. The average molecular weight is 625 g/mol. The van der Waals surface area contributed by atoms with Crippen molar-refractivity contribution in [2.24, 2.45) is 0 Å². The van der Waals surface area contributed by atoms with Crippen molar-refractivity contribution in [3.63, 3.8) is 0 Å². The molecule has 6 nitrogen and oxygen atoms in total. The highest BCUT2D eigenvalue weighted by molar-refractivity contribution is 6.03. The van der Waals surface area contributed by atoms with E-state index in [1.165, 1.54) is 0 Å². The molecule has 0 radical (unpaired) electrons. The summed E-state index contributed by atoms with van der Waals surface area (Å²) in [5.74, 6) is 2.38. The molecule has 3 aromatic carbocycles. The Morgan fingerprint density at radius 2 is 1.51 bits per heavy atom. The lowest BCUT2D eigenvalue weighted by Gasteiger charge is -2.55. The highest BCUT2D eigenvalue weighted by Crippen LogP contribution is 2.63. The number of fused-ring (bicyclic) bond motifs is 4. The van der Waals surface area contributed by atoms with Crippen molar-refractivity contribution in [3.8, 4) is 35.1 Å². The quantitative estimate of drug-likeness (QED) is 0.263. The van der Waals surface area contributed by atoms with Gasteiger partial charge in [0.05, 0.1) is 0 Å². The minimum absolute atomic E-state index is 0.204. The van der Waals surface area contributed by atoms with Crippen molar-refractivity contribution in [2.45, 2.75) is 84.8 Å². The standard InChI is InChI=1S/C41H40N2O4/c1-11-13-14-17-23(3)31(32-26-19-16-15-18-25(26)20-30-38(32)47-41(9,10)24(4)44-30)37-29(12-2)45-35-27(21-42)33-34(28(22-43)36(35)46-37)40(7,8)39(33,5)6/h11-20,24H,2H2,1,3-10H3/b13-11-,17-14-,31-23+. The number of nitriles is 2. The maximum Gasteiger partial charge on any atom is 0.189 e. The highest BCUT2D eigenvalue weighted by Gasteiger charge is 2.56. The average Bonchev–Trinajstić information content (AvgIpc) is 3.03. The number of allylic oxidation sites excluding steroid dienone is 7. The predicted octanol–water partition coefficient (Wildman–Crippen LogP) is 9.87. The van der Waals surface area contributed by atoms with Crippen LogP contribution in [0.3, 0.4) is 0 Å². The third-order valence-corrected chi connectivity index (χ3v) is 10.4. The fraction of sp³-hybridized carbons (Fsp3) is 0.317. The summed E-state index contributed by atoms with van der Waals surface area (Å²) in [6, 6.07) is 14.9. The fourth-order valence-electron chi connectivity index (χ4n) is 6.84. The van der Waals surface area contributed by atoms with Crippen molar-refractivity contribution in [1.82, 2.24) is 0 Å². The molecule has 0 spiro atoms. The maximum absolute atomic E-state index is 10.6. The van der Waals surface area contributed by atoms with Gasteiger partial charge >= 0.3 is 0 Å². The molecule has 0 saturated carbocycles. The van der Waals surface area contributed by atoms with Crippen molar-refractivity contribution < 1.29 is 18.9 Å². The largest absolute Gasteiger partial charge is 0.483 e. The van der Waals surface area contributed by atoms with E-state index >= 15 is 0 Å². The first-order chi connectivity index (χ1) is 22.2. The van der Waals surface area contributed by atoms with Gasteiger partial charge in [-0.25, -0.2) is 0 Å². The molecule has 0 saturated heterocycles. The Labute approximate surface area is 277 Å². The zero-order valence-electron chi connectivity index (χ0n) is 28.6. The summed E-state index contributed by atoms with van der Waals surface area (Å²) in [5.41, 5.74) is 3.32. The van der Waals surface area contributed by atoms with Crippen LogP contribution in [-0.4, -0.2) is 11.7 Å². The van der Waals surface area contributed by atoms with E-state index in [0.717, 1.165) is 33.0 Å². The van der Waals surface area contributed by atoms with Gasteiger partial charge in [-0.3, -0.25) is 0 Å². The molecule has 0 bridgehead atoms. The Morgan fingerprint density at radius 1 is 0.894 bits per heavy atom. The first kappa shape index (κ1) is 31.8. The van der Waals surface area contributed by atoms with Gasteiger partial charge in [0.2, 0.25) is 0 Å².